The van der Waals surface area contributed by atoms with E-state index in [4.69, 9.17) is 10.5 Å². The van der Waals surface area contributed by atoms with Crippen LogP contribution in [0.2, 0.25) is 0 Å². The fraction of sp³-hybridized carbons (Fsp3) is 0.692. The molecule has 0 atom stereocenters. The van der Waals surface area contributed by atoms with Crippen LogP contribution in [0.3, 0.4) is 0 Å². The quantitative estimate of drug-likeness (QED) is 0.870. The molecule has 1 aliphatic rings. The smallest absolute Gasteiger partial charge is 0.267 e. The molecule has 0 bridgehead atoms. The number of nitrogens with zero attached hydrogens (tertiary/aromatic N) is 2. The number of nitrogens with two attached hydrogens (primary N) is 1. The second kappa shape index (κ2) is 5.97. The van der Waals surface area contributed by atoms with Crippen molar-refractivity contribution in [2.45, 2.75) is 32.7 Å². The summed E-state index contributed by atoms with van der Waals surface area (Å²) in [6.07, 6.45) is 0.859. The van der Waals surface area contributed by atoms with Gasteiger partial charge >= 0.3 is 0 Å². The number of ether oxygens (including phenoxy) is 1. The van der Waals surface area contributed by atoms with E-state index in [9.17, 15) is 4.79 Å². The maximum absolute atomic E-state index is 12.5. The van der Waals surface area contributed by atoms with Gasteiger partial charge in [0.05, 0.1) is 6.61 Å². The molecule has 3 N–H and O–H groups in total. The first kappa shape index (κ1) is 15.1. The molecule has 0 aliphatic carbocycles. The number of carbonyl (C=O) groups excluding carboxylic acids is 1. The molecule has 1 amide bonds. The van der Waals surface area contributed by atoms with E-state index < -0.39 is 0 Å². The Kier molecular flexibility index (Phi) is 4.49. The fourth-order valence-electron chi connectivity index (χ4n) is 1.95. The van der Waals surface area contributed by atoms with Gasteiger partial charge in [-0.15, -0.1) is 0 Å². The number of carbonyl (C=O) groups is 1. The number of thiazole rings is 1. The van der Waals surface area contributed by atoms with E-state index >= 15 is 0 Å². The molecule has 7 heteroatoms. The van der Waals surface area contributed by atoms with Gasteiger partial charge in [-0.25, -0.2) is 4.98 Å². The molecule has 1 aliphatic heterocycles. The molecule has 2 heterocycles. The lowest BCUT2D eigenvalue weighted by Crippen LogP contribution is -2.33. The van der Waals surface area contributed by atoms with Crippen molar-refractivity contribution in [3.63, 3.8) is 0 Å². The Bertz CT molecular complexity index is 473. The van der Waals surface area contributed by atoms with Crippen molar-refractivity contribution in [2.75, 3.05) is 37.4 Å². The first-order valence-electron chi connectivity index (χ1n) is 6.78. The molecule has 0 radical (unpaired) electrons. The summed E-state index contributed by atoms with van der Waals surface area (Å²) in [5.41, 5.74) is 5.78. The number of rotatable bonds is 2. The maximum Gasteiger partial charge on any atom is 0.267 e. The Labute approximate surface area is 123 Å². The van der Waals surface area contributed by atoms with Crippen molar-refractivity contribution in [1.29, 1.82) is 0 Å². The van der Waals surface area contributed by atoms with Crippen LogP contribution >= 0.6 is 11.3 Å². The van der Waals surface area contributed by atoms with Gasteiger partial charge in [0.25, 0.3) is 5.91 Å². The molecule has 112 valence electrons. The second-order valence-corrected chi connectivity index (χ2v) is 6.87. The molecular formula is C13H22N4O2S. The van der Waals surface area contributed by atoms with E-state index in [1.54, 1.807) is 4.90 Å². The van der Waals surface area contributed by atoms with Gasteiger partial charge in [0.2, 0.25) is 0 Å². The SMILES string of the molecule is CC(C)(C)Nc1nc(N)c(C(=O)N2CCCOCC2)s1. The summed E-state index contributed by atoms with van der Waals surface area (Å²) >= 11 is 1.32. The van der Waals surface area contributed by atoms with Crippen LogP contribution in [-0.2, 0) is 4.74 Å². The highest BCUT2D eigenvalue weighted by atomic mass is 32.1. The highest BCUT2D eigenvalue weighted by Crippen LogP contribution is 2.28. The van der Waals surface area contributed by atoms with Crippen molar-refractivity contribution in [2.24, 2.45) is 0 Å². The summed E-state index contributed by atoms with van der Waals surface area (Å²) in [5, 5.41) is 3.93. The third-order valence-corrected chi connectivity index (χ3v) is 3.81. The van der Waals surface area contributed by atoms with Gasteiger partial charge in [-0.2, -0.15) is 0 Å². The van der Waals surface area contributed by atoms with Crippen LogP contribution in [0.4, 0.5) is 10.9 Å². The van der Waals surface area contributed by atoms with E-state index in [-0.39, 0.29) is 11.4 Å². The van der Waals surface area contributed by atoms with E-state index in [1.165, 1.54) is 11.3 Å². The van der Waals surface area contributed by atoms with Crippen molar-refractivity contribution >= 4 is 28.2 Å². The van der Waals surface area contributed by atoms with Gasteiger partial charge in [0, 0.05) is 25.2 Å². The van der Waals surface area contributed by atoms with Gasteiger partial charge in [0.15, 0.2) is 5.13 Å². The Morgan fingerprint density at radius 2 is 2.15 bits per heavy atom. The molecule has 1 fully saturated rings. The lowest BCUT2D eigenvalue weighted by Gasteiger charge is -2.19. The van der Waals surface area contributed by atoms with Crippen LogP contribution in [0.5, 0.6) is 0 Å². The van der Waals surface area contributed by atoms with E-state index in [0.29, 0.717) is 42.1 Å². The minimum Gasteiger partial charge on any atom is -0.382 e. The largest absolute Gasteiger partial charge is 0.382 e. The van der Waals surface area contributed by atoms with Crippen LogP contribution < -0.4 is 11.1 Å². The second-order valence-electron chi connectivity index (χ2n) is 5.87. The molecule has 0 unspecified atom stereocenters. The molecule has 0 aromatic carbocycles. The molecule has 6 nitrogen and oxygen atoms in total. The van der Waals surface area contributed by atoms with Crippen LogP contribution in [-0.4, -0.2) is 47.6 Å². The van der Waals surface area contributed by atoms with Gasteiger partial charge in [0.1, 0.15) is 10.7 Å². The molecule has 2 rings (SSSR count). The third-order valence-electron chi connectivity index (χ3n) is 2.84. The summed E-state index contributed by atoms with van der Waals surface area (Å²) in [5.74, 6) is 0.254. The first-order chi connectivity index (χ1) is 9.37. The zero-order chi connectivity index (χ0) is 14.8. The first-order valence-corrected chi connectivity index (χ1v) is 7.60. The molecule has 1 aromatic heterocycles. The van der Waals surface area contributed by atoms with Crippen LogP contribution in [0.25, 0.3) is 0 Å². The number of aromatic nitrogens is 1. The fourth-order valence-corrected chi connectivity index (χ4v) is 3.01. The van der Waals surface area contributed by atoms with Gasteiger partial charge in [-0.05, 0) is 27.2 Å². The monoisotopic (exact) mass is 298 g/mol. The standard InChI is InChI=1S/C13H22N4O2S/c1-13(2,3)16-12-15-10(14)9(20-12)11(18)17-5-4-7-19-8-6-17/h4-8,14H2,1-3H3,(H,15,16). The highest BCUT2D eigenvalue weighted by molar-refractivity contribution is 7.18. The van der Waals surface area contributed by atoms with Gasteiger partial charge < -0.3 is 20.7 Å². The predicted molar refractivity (Wildman–Crippen MR) is 81.2 cm³/mol. The minimum absolute atomic E-state index is 0.0486. The predicted octanol–water partition coefficient (Wildman–Crippen LogP) is 1.80. The Morgan fingerprint density at radius 1 is 1.40 bits per heavy atom. The lowest BCUT2D eigenvalue weighted by molar-refractivity contribution is 0.0747. The average molecular weight is 298 g/mol. The maximum atomic E-state index is 12.5. The van der Waals surface area contributed by atoms with Gasteiger partial charge in [-0.3, -0.25) is 4.79 Å². The van der Waals surface area contributed by atoms with E-state index in [1.807, 2.05) is 20.8 Å². The van der Waals surface area contributed by atoms with Crippen LogP contribution in [0.1, 0.15) is 36.9 Å². The summed E-state index contributed by atoms with van der Waals surface area (Å²) in [4.78, 5) is 19.0. The number of nitrogens with one attached hydrogen (secondary N) is 1. The van der Waals surface area contributed by atoms with Crippen LogP contribution in [0.15, 0.2) is 0 Å². The minimum atomic E-state index is -0.110. The normalized spacial score (nSPS) is 16.9. The molecule has 0 spiro atoms. The topological polar surface area (TPSA) is 80.5 Å². The van der Waals surface area contributed by atoms with Gasteiger partial charge in [-0.1, -0.05) is 11.3 Å². The Balaban J connectivity index is 2.13. The summed E-state index contributed by atoms with van der Waals surface area (Å²) in [7, 11) is 0. The number of amides is 1. The highest BCUT2D eigenvalue weighted by Gasteiger charge is 2.24. The zero-order valence-electron chi connectivity index (χ0n) is 12.2. The third kappa shape index (κ3) is 3.83. The summed E-state index contributed by atoms with van der Waals surface area (Å²) in [6.45, 7) is 8.72. The Hall–Kier alpha value is -1.34. The van der Waals surface area contributed by atoms with E-state index in [0.717, 1.165) is 6.42 Å². The molecular weight excluding hydrogens is 276 g/mol. The van der Waals surface area contributed by atoms with Crippen molar-refractivity contribution in [3.05, 3.63) is 4.88 Å². The number of hydrogen-bond acceptors (Lipinski definition) is 6. The number of hydrogen-bond donors (Lipinski definition) is 2. The molecule has 0 saturated carbocycles. The van der Waals surface area contributed by atoms with E-state index in [2.05, 4.69) is 10.3 Å². The van der Waals surface area contributed by atoms with Crippen molar-refractivity contribution in [3.8, 4) is 0 Å². The summed E-state index contributed by atoms with van der Waals surface area (Å²) < 4.78 is 5.36. The zero-order valence-corrected chi connectivity index (χ0v) is 13.0. The average Bonchev–Trinajstić information content (AvgIpc) is 2.56. The van der Waals surface area contributed by atoms with Crippen LogP contribution in [0, 0.1) is 0 Å². The molecule has 1 saturated heterocycles. The van der Waals surface area contributed by atoms with Crippen molar-refractivity contribution < 1.29 is 9.53 Å². The Morgan fingerprint density at radius 3 is 2.85 bits per heavy atom. The molecule has 1 aromatic rings. The summed E-state index contributed by atoms with van der Waals surface area (Å²) in [6, 6.07) is 0. The lowest BCUT2D eigenvalue weighted by atomic mass is 10.1. The molecule has 20 heavy (non-hydrogen) atoms. The number of anilines is 2. The van der Waals surface area contributed by atoms with Crippen molar-refractivity contribution in [1.82, 2.24) is 9.88 Å². The number of nitrogen functional groups attached to an aromatic ring is 1.